The molecule has 1 fully saturated rings. The van der Waals surface area contributed by atoms with Crippen LogP contribution in [0.25, 0.3) is 0 Å². The fraction of sp³-hybridized carbons (Fsp3) is 0.524. The summed E-state index contributed by atoms with van der Waals surface area (Å²) in [5.74, 6) is 0.691. The highest BCUT2D eigenvalue weighted by atomic mass is 32.1. The van der Waals surface area contributed by atoms with E-state index in [2.05, 4.69) is 20.6 Å². The van der Waals surface area contributed by atoms with E-state index in [4.69, 9.17) is 4.74 Å². The number of piperidine rings is 1. The molecule has 1 aromatic carbocycles. The van der Waals surface area contributed by atoms with Crippen molar-refractivity contribution in [3.8, 4) is 5.75 Å². The van der Waals surface area contributed by atoms with Crippen molar-refractivity contribution in [3.05, 3.63) is 46.2 Å². The zero-order valence-electron chi connectivity index (χ0n) is 16.3. The number of carbonyl (C=O) groups excluding carboxylic acids is 1. The normalized spacial score (nSPS) is 15.5. The lowest BCUT2D eigenvalue weighted by molar-refractivity contribution is -0.126. The molecule has 5 nitrogen and oxygen atoms in total. The van der Waals surface area contributed by atoms with Crippen LogP contribution in [0.1, 0.15) is 36.4 Å². The number of nitrogens with one attached hydrogen (secondary N) is 1. The van der Waals surface area contributed by atoms with E-state index >= 15 is 0 Å². The van der Waals surface area contributed by atoms with Crippen LogP contribution in [0.5, 0.6) is 5.75 Å². The number of thiazole rings is 1. The predicted octanol–water partition coefficient (Wildman–Crippen LogP) is 3.78. The molecule has 1 saturated heterocycles. The summed E-state index contributed by atoms with van der Waals surface area (Å²) in [5.41, 5.74) is 1.13. The molecule has 0 aliphatic carbocycles. The summed E-state index contributed by atoms with van der Waals surface area (Å²) in [6.45, 7) is 6.03. The fourth-order valence-corrected chi connectivity index (χ4v) is 3.97. The number of amides is 1. The Hall–Kier alpha value is -1.99. The molecular weight excluding hydrogens is 377 g/mol. The zero-order valence-corrected chi connectivity index (χ0v) is 17.1. The number of rotatable bonds is 9. The lowest BCUT2D eigenvalue weighted by Gasteiger charge is -2.30. The highest BCUT2D eigenvalue weighted by molar-refractivity contribution is 7.09. The van der Waals surface area contributed by atoms with Crippen LogP contribution in [0.4, 0.5) is 4.39 Å². The van der Waals surface area contributed by atoms with Gasteiger partial charge in [0.1, 0.15) is 11.6 Å². The van der Waals surface area contributed by atoms with Crippen LogP contribution < -0.4 is 10.1 Å². The van der Waals surface area contributed by atoms with Crippen molar-refractivity contribution in [1.29, 1.82) is 0 Å². The van der Waals surface area contributed by atoms with Gasteiger partial charge in [0, 0.05) is 24.4 Å². The number of hydrogen-bond donors (Lipinski definition) is 1. The van der Waals surface area contributed by atoms with E-state index in [0.29, 0.717) is 18.9 Å². The zero-order chi connectivity index (χ0) is 19.8. The van der Waals surface area contributed by atoms with Gasteiger partial charge < -0.3 is 10.1 Å². The van der Waals surface area contributed by atoms with E-state index in [1.807, 2.05) is 6.92 Å². The van der Waals surface area contributed by atoms with Crippen molar-refractivity contribution in [2.75, 3.05) is 26.2 Å². The number of aromatic nitrogens is 1. The minimum absolute atomic E-state index is 0.115. The van der Waals surface area contributed by atoms with Gasteiger partial charge in [0.25, 0.3) is 0 Å². The minimum Gasteiger partial charge on any atom is -0.494 e. The number of benzene rings is 1. The number of aryl methyl sites for hydroxylation is 1. The van der Waals surface area contributed by atoms with Gasteiger partial charge in [-0.1, -0.05) is 0 Å². The summed E-state index contributed by atoms with van der Waals surface area (Å²) in [5, 5.41) is 6.28. The number of hydrogen-bond acceptors (Lipinski definition) is 5. The van der Waals surface area contributed by atoms with E-state index in [0.717, 1.165) is 56.0 Å². The highest BCUT2D eigenvalue weighted by Crippen LogP contribution is 2.20. The van der Waals surface area contributed by atoms with E-state index in [1.165, 1.54) is 12.1 Å². The smallest absolute Gasteiger partial charge is 0.223 e. The van der Waals surface area contributed by atoms with Crippen molar-refractivity contribution < 1.29 is 13.9 Å². The van der Waals surface area contributed by atoms with Crippen LogP contribution in [0.3, 0.4) is 0 Å². The molecule has 1 aromatic heterocycles. The van der Waals surface area contributed by atoms with Crippen LogP contribution in [0, 0.1) is 18.7 Å². The molecule has 1 N–H and O–H groups in total. The lowest BCUT2D eigenvalue weighted by Crippen LogP contribution is -2.40. The number of unbranched alkanes of at least 4 members (excludes halogenated alkanes) is 1. The Morgan fingerprint density at radius 2 is 2.04 bits per heavy atom. The van der Waals surface area contributed by atoms with Crippen LogP contribution in [-0.4, -0.2) is 42.0 Å². The van der Waals surface area contributed by atoms with Crippen molar-refractivity contribution in [1.82, 2.24) is 15.2 Å². The van der Waals surface area contributed by atoms with E-state index in [-0.39, 0.29) is 17.6 Å². The Balaban J connectivity index is 1.25. The number of carbonyl (C=O) groups is 1. The van der Waals surface area contributed by atoms with E-state index in [1.54, 1.807) is 23.5 Å². The molecule has 7 heteroatoms. The Morgan fingerprint density at radius 1 is 1.29 bits per heavy atom. The maximum Gasteiger partial charge on any atom is 0.223 e. The molecular formula is C21H28FN3O2S. The molecule has 152 valence electrons. The summed E-state index contributed by atoms with van der Waals surface area (Å²) in [7, 11) is 0. The quantitative estimate of drug-likeness (QED) is 0.645. The van der Waals surface area contributed by atoms with Gasteiger partial charge >= 0.3 is 0 Å². The molecule has 1 aliphatic heterocycles. The Labute approximate surface area is 169 Å². The number of halogens is 1. The van der Waals surface area contributed by atoms with Gasteiger partial charge in [0.2, 0.25) is 5.91 Å². The second-order valence-electron chi connectivity index (χ2n) is 7.21. The Kier molecular flexibility index (Phi) is 7.80. The van der Waals surface area contributed by atoms with E-state index < -0.39 is 0 Å². The molecule has 1 amide bonds. The second kappa shape index (κ2) is 10.5. The summed E-state index contributed by atoms with van der Waals surface area (Å²) in [4.78, 5) is 19.2. The van der Waals surface area contributed by atoms with Crippen LogP contribution in [0.15, 0.2) is 29.6 Å². The summed E-state index contributed by atoms with van der Waals surface area (Å²) >= 11 is 1.69. The molecule has 0 atom stereocenters. The molecule has 28 heavy (non-hydrogen) atoms. The first kappa shape index (κ1) is 20.7. The monoisotopic (exact) mass is 405 g/mol. The fourth-order valence-electron chi connectivity index (χ4n) is 3.37. The number of nitrogens with zero attached hydrogens (tertiary/aromatic N) is 2. The first-order chi connectivity index (χ1) is 13.6. The third-order valence-electron chi connectivity index (χ3n) is 4.96. The predicted molar refractivity (Wildman–Crippen MR) is 109 cm³/mol. The molecule has 2 aromatic rings. The molecule has 2 heterocycles. The van der Waals surface area contributed by atoms with Crippen LogP contribution >= 0.6 is 11.3 Å². The van der Waals surface area contributed by atoms with Gasteiger partial charge in [-0.2, -0.15) is 0 Å². The average Bonchev–Trinajstić information content (AvgIpc) is 3.11. The largest absolute Gasteiger partial charge is 0.494 e. The number of ether oxygens (including phenoxy) is 1. The van der Waals surface area contributed by atoms with Crippen molar-refractivity contribution in [2.45, 2.75) is 39.2 Å². The molecule has 1 aliphatic rings. The van der Waals surface area contributed by atoms with E-state index in [9.17, 15) is 9.18 Å². The molecule has 0 radical (unpaired) electrons. The second-order valence-corrected chi connectivity index (χ2v) is 8.27. The van der Waals surface area contributed by atoms with Crippen molar-refractivity contribution >= 4 is 17.2 Å². The first-order valence-corrected chi connectivity index (χ1v) is 10.8. The van der Waals surface area contributed by atoms with Crippen LogP contribution in [0.2, 0.25) is 0 Å². The lowest BCUT2D eigenvalue weighted by atomic mass is 9.96. The number of likely N-dealkylation sites (tertiary alicyclic amines) is 1. The van der Waals surface area contributed by atoms with Gasteiger partial charge in [0.15, 0.2) is 0 Å². The minimum atomic E-state index is -0.265. The van der Waals surface area contributed by atoms with Crippen molar-refractivity contribution in [2.24, 2.45) is 5.92 Å². The maximum absolute atomic E-state index is 12.8. The van der Waals surface area contributed by atoms with Crippen molar-refractivity contribution in [3.63, 3.8) is 0 Å². The summed E-state index contributed by atoms with van der Waals surface area (Å²) in [6, 6.07) is 6.02. The third-order valence-corrected chi connectivity index (χ3v) is 5.79. The average molecular weight is 406 g/mol. The molecule has 0 bridgehead atoms. The van der Waals surface area contributed by atoms with Gasteiger partial charge in [-0.25, -0.2) is 9.37 Å². The van der Waals surface area contributed by atoms with Crippen LogP contribution in [-0.2, 0) is 11.3 Å². The highest BCUT2D eigenvalue weighted by Gasteiger charge is 2.24. The van der Waals surface area contributed by atoms with Gasteiger partial charge in [-0.15, -0.1) is 11.3 Å². The molecule has 0 unspecified atom stereocenters. The summed E-state index contributed by atoms with van der Waals surface area (Å²) < 4.78 is 18.4. The Morgan fingerprint density at radius 3 is 2.71 bits per heavy atom. The SMILES string of the molecule is Cc1nc(CN2CCC(C(=O)NCCCCOc3ccc(F)cc3)CC2)cs1. The maximum atomic E-state index is 12.8. The van der Waals surface area contributed by atoms with Gasteiger partial charge in [-0.3, -0.25) is 9.69 Å². The first-order valence-electron chi connectivity index (χ1n) is 9.89. The Bertz CT molecular complexity index is 742. The standard InChI is InChI=1S/C21H28FN3O2S/c1-16-24-19(15-28-16)14-25-11-8-17(9-12-25)21(26)23-10-2-3-13-27-20-6-4-18(22)5-7-20/h4-7,15,17H,2-3,8-14H2,1H3,(H,23,26). The topological polar surface area (TPSA) is 54.5 Å². The molecule has 0 saturated carbocycles. The molecule has 0 spiro atoms. The third kappa shape index (κ3) is 6.56. The summed E-state index contributed by atoms with van der Waals surface area (Å²) in [6.07, 6.45) is 3.53. The molecule has 3 rings (SSSR count). The van der Waals surface area contributed by atoms with Gasteiger partial charge in [0.05, 0.1) is 17.3 Å². The van der Waals surface area contributed by atoms with Gasteiger partial charge in [-0.05, 0) is 70.0 Å².